The molecule has 4 bridgehead atoms. The summed E-state index contributed by atoms with van der Waals surface area (Å²) in [6, 6.07) is 0. The number of hydrogen-bond acceptors (Lipinski definition) is 7. The molecule has 1 N–H and O–H groups in total. The van der Waals surface area contributed by atoms with Crippen LogP contribution < -0.4 is 0 Å². The highest BCUT2D eigenvalue weighted by atomic mass is 16.7. The largest absolute Gasteiger partial charge is 0.460 e. The Balaban J connectivity index is 1.33. The number of hydrogen-bond donors (Lipinski definition) is 1. The summed E-state index contributed by atoms with van der Waals surface area (Å²) < 4.78 is 23.1. The lowest BCUT2D eigenvalue weighted by Crippen LogP contribution is -2.58. The van der Waals surface area contributed by atoms with E-state index in [9.17, 15) is 14.7 Å². The minimum Gasteiger partial charge on any atom is -0.460 e. The highest BCUT2D eigenvalue weighted by molar-refractivity contribution is 5.86. The number of rotatable bonds is 6. The minimum atomic E-state index is -0.881. The monoisotopic (exact) mass is 422 g/mol. The van der Waals surface area contributed by atoms with Crippen LogP contribution in [0.4, 0.5) is 0 Å². The average Bonchev–Trinajstić information content (AvgIpc) is 2.61. The van der Waals surface area contributed by atoms with E-state index in [0.29, 0.717) is 17.9 Å². The van der Waals surface area contributed by atoms with Gasteiger partial charge in [0.15, 0.2) is 5.79 Å². The van der Waals surface area contributed by atoms with E-state index in [1.54, 1.807) is 20.8 Å². The lowest BCUT2D eigenvalue weighted by atomic mass is 9.53. The van der Waals surface area contributed by atoms with E-state index >= 15 is 0 Å². The molecule has 30 heavy (non-hydrogen) atoms. The van der Waals surface area contributed by atoms with E-state index in [4.69, 9.17) is 18.9 Å². The van der Waals surface area contributed by atoms with Crippen LogP contribution in [0.3, 0.4) is 0 Å². The quantitative estimate of drug-likeness (QED) is 0.520. The number of carbonyl (C=O) groups excluding carboxylic acids is 2. The van der Waals surface area contributed by atoms with Gasteiger partial charge in [0, 0.05) is 12.0 Å². The third-order valence-electron chi connectivity index (χ3n) is 7.07. The van der Waals surface area contributed by atoms with Crippen LogP contribution >= 0.6 is 0 Å². The van der Waals surface area contributed by atoms with Crippen molar-refractivity contribution in [3.8, 4) is 0 Å². The molecule has 0 aromatic carbocycles. The van der Waals surface area contributed by atoms with Crippen LogP contribution in [0.2, 0.25) is 0 Å². The summed E-state index contributed by atoms with van der Waals surface area (Å²) in [7, 11) is 0. The molecule has 5 aliphatic rings. The molecule has 0 aromatic heterocycles. The van der Waals surface area contributed by atoms with Crippen LogP contribution in [0.5, 0.6) is 0 Å². The van der Waals surface area contributed by atoms with Gasteiger partial charge in [0.05, 0.1) is 24.7 Å². The van der Waals surface area contributed by atoms with Gasteiger partial charge in [-0.2, -0.15) is 0 Å². The first-order chi connectivity index (χ1) is 14.0. The summed E-state index contributed by atoms with van der Waals surface area (Å²) in [5.74, 6) is -0.516. The van der Waals surface area contributed by atoms with Crippen molar-refractivity contribution in [2.45, 2.75) is 95.4 Å². The van der Waals surface area contributed by atoms with Crippen molar-refractivity contribution in [1.82, 2.24) is 0 Å². The van der Waals surface area contributed by atoms with E-state index in [2.05, 4.69) is 6.58 Å². The van der Waals surface area contributed by atoms with Crippen molar-refractivity contribution in [3.63, 3.8) is 0 Å². The van der Waals surface area contributed by atoms with Crippen LogP contribution in [0.1, 0.15) is 65.7 Å². The molecule has 0 amide bonds. The van der Waals surface area contributed by atoms with Crippen molar-refractivity contribution < 1.29 is 33.6 Å². The summed E-state index contributed by atoms with van der Waals surface area (Å²) in [4.78, 5) is 24.5. The van der Waals surface area contributed by atoms with Gasteiger partial charge in [0.1, 0.15) is 12.2 Å². The van der Waals surface area contributed by atoms with E-state index in [1.807, 2.05) is 0 Å². The first kappa shape index (κ1) is 21.8. The SMILES string of the molecule is C=C(C)C(=O)OCC1CC(CC(=O)OC23CC4CC(C2)C(O)C(C4)C3)OC(C)(C)O1. The molecular formula is C23H34O7. The van der Waals surface area contributed by atoms with Gasteiger partial charge in [-0.25, -0.2) is 4.79 Å². The Labute approximate surface area is 178 Å². The molecule has 7 nitrogen and oxygen atoms in total. The van der Waals surface area contributed by atoms with Crippen LogP contribution in [0, 0.1) is 17.8 Å². The van der Waals surface area contributed by atoms with E-state index in [-0.39, 0.29) is 49.1 Å². The summed E-state index contributed by atoms with van der Waals surface area (Å²) in [5, 5.41) is 10.4. The molecule has 4 aliphatic carbocycles. The van der Waals surface area contributed by atoms with Crippen molar-refractivity contribution >= 4 is 11.9 Å². The molecule has 5 rings (SSSR count). The first-order valence-electron chi connectivity index (χ1n) is 11.1. The van der Waals surface area contributed by atoms with Crippen molar-refractivity contribution in [2.75, 3.05) is 6.61 Å². The van der Waals surface area contributed by atoms with Gasteiger partial charge in [-0.15, -0.1) is 0 Å². The van der Waals surface area contributed by atoms with E-state index in [1.165, 1.54) is 0 Å². The van der Waals surface area contributed by atoms with Crippen LogP contribution in [-0.4, -0.2) is 53.4 Å². The number of ether oxygens (including phenoxy) is 4. The maximum Gasteiger partial charge on any atom is 0.333 e. The van der Waals surface area contributed by atoms with Crippen LogP contribution in [-0.2, 0) is 28.5 Å². The summed E-state index contributed by atoms with van der Waals surface area (Å²) in [6.07, 6.45) is 4.19. The highest BCUT2D eigenvalue weighted by Crippen LogP contribution is 2.57. The molecule has 4 unspecified atom stereocenters. The number of aliphatic hydroxyl groups is 1. The molecule has 0 aromatic rings. The van der Waals surface area contributed by atoms with Gasteiger partial charge >= 0.3 is 11.9 Å². The lowest BCUT2D eigenvalue weighted by molar-refractivity contribution is -0.305. The molecule has 168 valence electrons. The Kier molecular flexibility index (Phi) is 5.75. The third-order valence-corrected chi connectivity index (χ3v) is 7.07. The Morgan fingerprint density at radius 3 is 2.33 bits per heavy atom. The molecule has 5 fully saturated rings. The number of carbonyl (C=O) groups is 2. The van der Waals surface area contributed by atoms with Crippen molar-refractivity contribution in [2.24, 2.45) is 17.8 Å². The van der Waals surface area contributed by atoms with Crippen molar-refractivity contribution in [3.05, 3.63) is 12.2 Å². The van der Waals surface area contributed by atoms with E-state index in [0.717, 1.165) is 32.1 Å². The Morgan fingerprint density at radius 2 is 1.70 bits per heavy atom. The summed E-state index contributed by atoms with van der Waals surface area (Å²) in [5.41, 5.74) is -0.0775. The lowest BCUT2D eigenvalue weighted by Gasteiger charge is -2.57. The normalized spacial score (nSPS) is 41.3. The molecule has 1 heterocycles. The topological polar surface area (TPSA) is 91.3 Å². The predicted molar refractivity (Wildman–Crippen MR) is 107 cm³/mol. The van der Waals surface area contributed by atoms with Gasteiger partial charge < -0.3 is 24.1 Å². The smallest absolute Gasteiger partial charge is 0.333 e. The fourth-order valence-electron chi connectivity index (χ4n) is 6.26. The maximum absolute atomic E-state index is 12.8. The zero-order valence-electron chi connectivity index (χ0n) is 18.2. The van der Waals surface area contributed by atoms with Crippen LogP contribution in [0.25, 0.3) is 0 Å². The third kappa shape index (κ3) is 4.58. The number of esters is 2. The van der Waals surface area contributed by atoms with Gasteiger partial charge in [-0.3, -0.25) is 4.79 Å². The average molecular weight is 423 g/mol. The van der Waals surface area contributed by atoms with Gasteiger partial charge in [-0.1, -0.05) is 6.58 Å². The molecular weight excluding hydrogens is 388 g/mol. The van der Waals surface area contributed by atoms with Crippen molar-refractivity contribution in [1.29, 1.82) is 0 Å². The molecule has 0 spiro atoms. The number of aliphatic hydroxyl groups excluding tert-OH is 1. The van der Waals surface area contributed by atoms with Crippen LogP contribution in [0.15, 0.2) is 12.2 Å². The maximum atomic E-state index is 12.8. The van der Waals surface area contributed by atoms with Gasteiger partial charge in [0.25, 0.3) is 0 Å². The Bertz CT molecular complexity index is 698. The second-order valence-electron chi connectivity index (χ2n) is 10.3. The Morgan fingerprint density at radius 1 is 1.07 bits per heavy atom. The molecule has 7 heteroatoms. The highest BCUT2D eigenvalue weighted by Gasteiger charge is 2.57. The molecule has 4 saturated carbocycles. The minimum absolute atomic E-state index is 0.0941. The standard InChI is InChI=1S/C23H34O7/c1-13(2)21(26)27-12-18-7-17(28-22(3,4)29-18)8-19(24)30-23-9-14-5-15(10-23)20(25)16(6-14)11-23/h14-18,20,25H,1,5-12H2,2-4H3. The Hall–Kier alpha value is -1.44. The second-order valence-corrected chi connectivity index (χ2v) is 10.3. The molecule has 1 saturated heterocycles. The fraction of sp³-hybridized carbons (Fsp3) is 0.826. The molecule has 1 aliphatic heterocycles. The van der Waals surface area contributed by atoms with Gasteiger partial charge in [-0.05, 0) is 70.6 Å². The predicted octanol–water partition coefficient (Wildman–Crippen LogP) is 2.89. The van der Waals surface area contributed by atoms with Gasteiger partial charge in [0.2, 0.25) is 0 Å². The second kappa shape index (κ2) is 7.92. The molecule has 0 radical (unpaired) electrons. The van der Waals surface area contributed by atoms with E-state index < -0.39 is 17.4 Å². The first-order valence-corrected chi connectivity index (χ1v) is 11.1. The fourth-order valence-corrected chi connectivity index (χ4v) is 6.26. The zero-order chi connectivity index (χ0) is 21.7. The summed E-state index contributed by atoms with van der Waals surface area (Å²) in [6.45, 7) is 8.85. The summed E-state index contributed by atoms with van der Waals surface area (Å²) >= 11 is 0. The zero-order valence-corrected chi connectivity index (χ0v) is 18.2. The molecule has 4 atom stereocenters.